The van der Waals surface area contributed by atoms with Crippen LogP contribution in [0.15, 0.2) is 60.8 Å². The molecule has 0 amide bonds. The van der Waals surface area contributed by atoms with Gasteiger partial charge in [0.15, 0.2) is 0 Å². The van der Waals surface area contributed by atoms with Crippen LogP contribution in [0, 0.1) is 0 Å². The molecule has 0 aliphatic heterocycles. The third-order valence-corrected chi connectivity index (χ3v) is 10.7. The summed E-state index contributed by atoms with van der Waals surface area (Å²) in [5.41, 5.74) is 5.37. The average molecular weight is 822 g/mol. The van der Waals surface area contributed by atoms with Gasteiger partial charge in [0.25, 0.3) is 0 Å². The number of phosphoric acid groups is 1. The lowest BCUT2D eigenvalue weighted by Gasteiger charge is -2.20. The Bertz CT molecular complexity index is 1060. The van der Waals surface area contributed by atoms with Gasteiger partial charge in [0, 0.05) is 19.6 Å². The second kappa shape index (κ2) is 45.3. The van der Waals surface area contributed by atoms with Gasteiger partial charge >= 0.3 is 13.8 Å². The summed E-state index contributed by atoms with van der Waals surface area (Å²) < 4.78 is 33.4. The summed E-state index contributed by atoms with van der Waals surface area (Å²) in [5, 5.41) is 0. The SMILES string of the molecule is CC/C=C\C/C=C\C/C=C\C/C=C\C/C=C\CCCCOCC(COP(=O)(O)OCCN)OC(=O)CCCCCCCCCCCCCCCCCCCCCC. The molecule has 0 fully saturated rings. The monoisotopic (exact) mass is 822 g/mol. The highest BCUT2D eigenvalue weighted by atomic mass is 31.2. The van der Waals surface area contributed by atoms with Gasteiger partial charge in [-0.05, 0) is 57.8 Å². The quantitative estimate of drug-likeness (QED) is 0.0270. The molecule has 0 aromatic carbocycles. The number of carbonyl (C=O) groups excluding carboxylic acids is 1. The molecule has 9 heteroatoms. The molecule has 332 valence electrons. The smallest absolute Gasteiger partial charge is 0.457 e. The summed E-state index contributed by atoms with van der Waals surface area (Å²) in [4.78, 5) is 22.5. The number of phosphoric ester groups is 1. The van der Waals surface area contributed by atoms with Crippen LogP contribution >= 0.6 is 7.82 Å². The molecule has 0 spiro atoms. The van der Waals surface area contributed by atoms with Crippen LogP contribution in [0.4, 0.5) is 0 Å². The van der Waals surface area contributed by atoms with Gasteiger partial charge in [-0.3, -0.25) is 13.8 Å². The van der Waals surface area contributed by atoms with E-state index in [0.29, 0.717) is 13.0 Å². The van der Waals surface area contributed by atoms with E-state index in [9.17, 15) is 14.3 Å². The first-order chi connectivity index (χ1) is 27.9. The van der Waals surface area contributed by atoms with E-state index in [1.807, 2.05) is 0 Å². The summed E-state index contributed by atoms with van der Waals surface area (Å²) in [7, 11) is -4.29. The maximum Gasteiger partial charge on any atom is 0.472 e. The van der Waals surface area contributed by atoms with Crippen molar-refractivity contribution in [3.63, 3.8) is 0 Å². The van der Waals surface area contributed by atoms with Crippen molar-refractivity contribution < 1.29 is 32.8 Å². The average Bonchev–Trinajstić information content (AvgIpc) is 3.20. The fraction of sp³-hybridized carbons (Fsp3) is 0.771. The van der Waals surface area contributed by atoms with Crippen LogP contribution in [0.2, 0.25) is 0 Å². The normalized spacial score (nSPS) is 14.0. The molecule has 0 bridgehead atoms. The van der Waals surface area contributed by atoms with Crippen LogP contribution in [0.1, 0.15) is 200 Å². The van der Waals surface area contributed by atoms with E-state index >= 15 is 0 Å². The number of hydrogen-bond acceptors (Lipinski definition) is 7. The fourth-order valence-corrected chi connectivity index (χ4v) is 7.08. The Hall–Kier alpha value is -1.80. The molecular weight excluding hydrogens is 734 g/mol. The molecular formula is C48H88NO7P. The zero-order chi connectivity index (χ0) is 41.6. The van der Waals surface area contributed by atoms with Gasteiger partial charge in [-0.25, -0.2) is 4.57 Å². The fourth-order valence-electron chi connectivity index (χ4n) is 6.32. The van der Waals surface area contributed by atoms with E-state index in [-0.39, 0.29) is 32.3 Å². The Kier molecular flexibility index (Phi) is 43.9. The van der Waals surface area contributed by atoms with E-state index in [0.717, 1.165) is 70.6 Å². The minimum atomic E-state index is -4.29. The molecule has 0 aliphatic rings. The van der Waals surface area contributed by atoms with Crippen LogP contribution in [-0.4, -0.2) is 49.9 Å². The molecule has 0 saturated heterocycles. The molecule has 0 aromatic rings. The zero-order valence-electron chi connectivity index (χ0n) is 36.8. The predicted octanol–water partition coefficient (Wildman–Crippen LogP) is 14.1. The molecule has 0 heterocycles. The van der Waals surface area contributed by atoms with Crippen molar-refractivity contribution in [1.29, 1.82) is 0 Å². The first kappa shape index (κ1) is 55.2. The van der Waals surface area contributed by atoms with Gasteiger partial charge in [0.1, 0.15) is 6.10 Å². The molecule has 0 saturated carbocycles. The molecule has 0 radical (unpaired) electrons. The lowest BCUT2D eigenvalue weighted by atomic mass is 10.0. The Morgan fingerprint density at radius 2 is 0.982 bits per heavy atom. The Balaban J connectivity index is 4.05. The summed E-state index contributed by atoms with van der Waals surface area (Å²) in [6.07, 6.45) is 55.4. The van der Waals surface area contributed by atoms with Crippen LogP contribution in [0.5, 0.6) is 0 Å². The lowest BCUT2D eigenvalue weighted by molar-refractivity contribution is -0.154. The Morgan fingerprint density at radius 1 is 0.544 bits per heavy atom. The summed E-state index contributed by atoms with van der Waals surface area (Å²) in [6.45, 7) is 4.71. The van der Waals surface area contributed by atoms with Crippen molar-refractivity contribution in [2.24, 2.45) is 5.73 Å². The van der Waals surface area contributed by atoms with Crippen molar-refractivity contribution in [3.05, 3.63) is 60.8 Å². The van der Waals surface area contributed by atoms with Crippen molar-refractivity contribution in [3.8, 4) is 0 Å². The molecule has 57 heavy (non-hydrogen) atoms. The highest BCUT2D eigenvalue weighted by molar-refractivity contribution is 7.47. The van der Waals surface area contributed by atoms with Crippen LogP contribution in [0.25, 0.3) is 0 Å². The number of hydrogen-bond donors (Lipinski definition) is 2. The van der Waals surface area contributed by atoms with E-state index in [1.54, 1.807) is 0 Å². The zero-order valence-corrected chi connectivity index (χ0v) is 37.7. The van der Waals surface area contributed by atoms with Gasteiger partial charge in [-0.15, -0.1) is 0 Å². The topological polar surface area (TPSA) is 117 Å². The largest absolute Gasteiger partial charge is 0.472 e. The number of unbranched alkanes of at least 4 members (excludes halogenated alkanes) is 21. The number of esters is 1. The maximum atomic E-state index is 12.6. The number of ether oxygens (including phenoxy) is 2. The van der Waals surface area contributed by atoms with Crippen LogP contribution < -0.4 is 5.73 Å². The second-order valence-corrected chi connectivity index (χ2v) is 16.7. The predicted molar refractivity (Wildman–Crippen MR) is 242 cm³/mol. The molecule has 2 atom stereocenters. The van der Waals surface area contributed by atoms with E-state index < -0.39 is 13.9 Å². The molecule has 3 N–H and O–H groups in total. The van der Waals surface area contributed by atoms with Crippen molar-refractivity contribution >= 4 is 13.8 Å². The third-order valence-electron chi connectivity index (χ3n) is 9.70. The van der Waals surface area contributed by atoms with E-state index in [4.69, 9.17) is 24.3 Å². The van der Waals surface area contributed by atoms with Crippen molar-refractivity contribution in [2.75, 3.05) is 33.0 Å². The molecule has 0 rings (SSSR count). The first-order valence-electron chi connectivity index (χ1n) is 23.3. The molecule has 8 nitrogen and oxygen atoms in total. The minimum Gasteiger partial charge on any atom is -0.457 e. The molecule has 0 aliphatic carbocycles. The van der Waals surface area contributed by atoms with E-state index in [2.05, 4.69) is 74.6 Å². The van der Waals surface area contributed by atoms with Gasteiger partial charge in [-0.2, -0.15) is 0 Å². The van der Waals surface area contributed by atoms with Crippen LogP contribution in [-0.2, 0) is 27.9 Å². The minimum absolute atomic E-state index is 0.0869. The standard InChI is InChI=1S/C48H88NO7P/c1-3-5-7-9-11-13-15-17-19-21-23-24-25-27-29-31-33-35-37-39-41-48(50)56-47(46-55-57(51,52)54-44-42-49)45-53-43-40-38-36-34-32-30-28-26-22-20-18-16-14-12-10-8-6-4-2/h6,8,12,14,18,20,26,28,32,34,47H,3-5,7,9-11,13,15-17,19,21-25,27,29-31,33,35-46,49H2,1-2H3,(H,51,52)/b8-6-,14-12-,20-18-,28-26-,34-32-. The molecule has 2 unspecified atom stereocenters. The van der Waals surface area contributed by atoms with Crippen molar-refractivity contribution in [2.45, 2.75) is 206 Å². The van der Waals surface area contributed by atoms with Gasteiger partial charge < -0.3 is 20.1 Å². The number of allylic oxidation sites excluding steroid dienone is 10. The summed E-state index contributed by atoms with van der Waals surface area (Å²) >= 11 is 0. The highest BCUT2D eigenvalue weighted by Gasteiger charge is 2.25. The maximum absolute atomic E-state index is 12.6. The summed E-state index contributed by atoms with van der Waals surface area (Å²) in [6, 6.07) is 0. The Labute approximate surface area is 351 Å². The highest BCUT2D eigenvalue weighted by Crippen LogP contribution is 2.43. The van der Waals surface area contributed by atoms with Crippen LogP contribution in [0.3, 0.4) is 0 Å². The third kappa shape index (κ3) is 45.1. The molecule has 0 aromatic heterocycles. The van der Waals surface area contributed by atoms with Gasteiger partial charge in [0.2, 0.25) is 0 Å². The Morgan fingerprint density at radius 3 is 1.44 bits per heavy atom. The second-order valence-electron chi connectivity index (χ2n) is 15.2. The summed E-state index contributed by atoms with van der Waals surface area (Å²) in [5.74, 6) is -0.344. The van der Waals surface area contributed by atoms with E-state index in [1.165, 1.54) is 109 Å². The number of carbonyl (C=O) groups is 1. The van der Waals surface area contributed by atoms with Crippen molar-refractivity contribution in [1.82, 2.24) is 0 Å². The van der Waals surface area contributed by atoms with Gasteiger partial charge in [0.05, 0.1) is 19.8 Å². The number of nitrogens with two attached hydrogens (primary N) is 1. The first-order valence-corrected chi connectivity index (χ1v) is 24.8. The van der Waals surface area contributed by atoms with Gasteiger partial charge in [-0.1, -0.05) is 197 Å². The number of rotatable bonds is 44. The lowest BCUT2D eigenvalue weighted by Crippen LogP contribution is -2.28.